The second kappa shape index (κ2) is 9.64. The van der Waals surface area contributed by atoms with Crippen molar-refractivity contribution >= 4 is 49.4 Å². The zero-order valence-electron chi connectivity index (χ0n) is 20.4. The Morgan fingerprint density at radius 3 is 2.53 bits per heavy atom. The molecule has 0 saturated carbocycles. The number of carbonyl (C=O) groups is 1. The fourth-order valence-electron chi connectivity index (χ4n) is 4.42. The Labute approximate surface area is 218 Å². The van der Waals surface area contributed by atoms with E-state index in [-0.39, 0.29) is 21.9 Å². The number of nitrogen functional groups attached to an aromatic ring is 1. The number of nitrogens with one attached hydrogen (secondary N) is 1. The Morgan fingerprint density at radius 2 is 1.82 bits per heavy atom. The van der Waals surface area contributed by atoms with Crippen LogP contribution in [0.4, 0.5) is 5.69 Å². The number of aryl methyl sites for hydroxylation is 1. The van der Waals surface area contributed by atoms with Gasteiger partial charge in [-0.05, 0) is 42.3 Å². The van der Waals surface area contributed by atoms with Crippen molar-refractivity contribution < 1.29 is 22.7 Å². The topological polar surface area (TPSA) is 151 Å². The Kier molecular flexibility index (Phi) is 6.33. The molecule has 0 unspecified atom stereocenters. The number of hydrogen-bond donors (Lipinski definition) is 3. The summed E-state index contributed by atoms with van der Waals surface area (Å²) in [6.45, 7) is 1.14. The van der Waals surface area contributed by atoms with Crippen LogP contribution >= 0.6 is 0 Å². The van der Waals surface area contributed by atoms with E-state index in [0.29, 0.717) is 28.7 Å². The number of aromatic nitrogens is 1. The van der Waals surface area contributed by atoms with Gasteiger partial charge in [-0.2, -0.15) is 0 Å². The highest BCUT2D eigenvalue weighted by Crippen LogP contribution is 2.33. The molecule has 5 rings (SSSR count). The molecule has 3 aromatic carbocycles. The van der Waals surface area contributed by atoms with Gasteiger partial charge in [0.15, 0.2) is 0 Å². The third-order valence-corrected chi connectivity index (χ3v) is 8.19. The minimum absolute atomic E-state index is 0.0101. The number of amidine groups is 1. The maximum atomic E-state index is 13.8. The van der Waals surface area contributed by atoms with Crippen LogP contribution in [0.5, 0.6) is 0 Å². The van der Waals surface area contributed by atoms with E-state index < -0.39 is 22.5 Å². The number of benzene rings is 3. The van der Waals surface area contributed by atoms with Crippen LogP contribution in [0.1, 0.15) is 22.5 Å². The van der Waals surface area contributed by atoms with E-state index in [4.69, 9.17) is 15.6 Å². The molecule has 0 spiro atoms. The first-order valence-electron chi connectivity index (χ1n) is 11.7. The van der Waals surface area contributed by atoms with E-state index in [1.807, 2.05) is 19.1 Å². The summed E-state index contributed by atoms with van der Waals surface area (Å²) in [4.78, 5) is 15.9. The molecule has 10 heteroatoms. The second-order valence-corrected chi connectivity index (χ2v) is 10.7. The lowest BCUT2D eigenvalue weighted by molar-refractivity contribution is -0.135. The first-order valence-corrected chi connectivity index (χ1v) is 13.1. The van der Waals surface area contributed by atoms with E-state index in [0.717, 1.165) is 20.8 Å². The molecule has 0 amide bonds. The normalized spacial score (nSPS) is 11.6. The van der Waals surface area contributed by atoms with Crippen LogP contribution in [-0.2, 0) is 21.2 Å². The Balaban J connectivity index is 1.55. The number of fused-ring (bicyclic) bond motifs is 2. The van der Waals surface area contributed by atoms with Gasteiger partial charge in [0, 0.05) is 35.0 Å². The first kappa shape index (κ1) is 25.0. The fraction of sp³-hybridized carbons (Fsp3) is 0.107. The van der Waals surface area contributed by atoms with Crippen molar-refractivity contribution in [3.8, 4) is 0 Å². The van der Waals surface area contributed by atoms with E-state index in [1.54, 1.807) is 54.6 Å². The van der Waals surface area contributed by atoms with Crippen LogP contribution in [0.2, 0.25) is 0 Å². The number of nitrogens with zero attached hydrogens (tertiary/aromatic N) is 2. The summed E-state index contributed by atoms with van der Waals surface area (Å²) < 4.78 is 34.5. The molecule has 192 valence electrons. The molecule has 0 fully saturated rings. The molecule has 38 heavy (non-hydrogen) atoms. The third-order valence-electron chi connectivity index (χ3n) is 6.38. The molecule has 4 N–H and O–H groups in total. The molecule has 0 aliphatic carbocycles. The average molecular weight is 529 g/mol. The van der Waals surface area contributed by atoms with E-state index >= 15 is 0 Å². The van der Waals surface area contributed by atoms with Crippen LogP contribution in [0.3, 0.4) is 0 Å². The van der Waals surface area contributed by atoms with Crippen LogP contribution in [0.25, 0.3) is 21.9 Å². The minimum Gasteiger partial charge on any atom is -0.480 e. The molecule has 0 bridgehead atoms. The SMILES string of the molecule is Cc1c(Cc2ccc(C(=N)N)cc2)oc2cc(N(CC(=O)O)S(=O)(=O)c3cccc4cccnc34)ccc12. The first-order chi connectivity index (χ1) is 18.1. The quantitative estimate of drug-likeness (QED) is 0.199. The van der Waals surface area contributed by atoms with Gasteiger partial charge in [-0.15, -0.1) is 0 Å². The predicted octanol–water partition coefficient (Wildman–Crippen LogP) is 4.44. The molecule has 2 aromatic heterocycles. The number of furan rings is 1. The van der Waals surface area contributed by atoms with Gasteiger partial charge in [0.25, 0.3) is 10.0 Å². The van der Waals surface area contributed by atoms with Crippen molar-refractivity contribution in [2.24, 2.45) is 5.73 Å². The number of carboxylic acid groups (broad SMARTS) is 1. The van der Waals surface area contributed by atoms with Gasteiger partial charge in [0.1, 0.15) is 28.6 Å². The van der Waals surface area contributed by atoms with E-state index in [1.165, 1.54) is 12.3 Å². The zero-order chi connectivity index (χ0) is 27.0. The molecule has 0 aliphatic rings. The molecule has 9 nitrogen and oxygen atoms in total. The number of hydrogen-bond acceptors (Lipinski definition) is 6. The minimum atomic E-state index is -4.29. The van der Waals surface area contributed by atoms with Crippen molar-refractivity contribution in [3.05, 3.63) is 101 Å². The average Bonchev–Trinajstić information content (AvgIpc) is 3.21. The molecular formula is C28H24N4O5S. The number of aliphatic carboxylic acids is 1. The summed E-state index contributed by atoms with van der Waals surface area (Å²) in [6, 6.07) is 20.4. The number of pyridine rings is 1. The van der Waals surface area contributed by atoms with Crippen LogP contribution in [0.15, 0.2) is 88.3 Å². The summed E-state index contributed by atoms with van der Waals surface area (Å²) in [6.07, 6.45) is 1.97. The largest absolute Gasteiger partial charge is 0.480 e. The summed E-state index contributed by atoms with van der Waals surface area (Å²) in [5.74, 6) is -0.616. The van der Waals surface area contributed by atoms with Crippen molar-refractivity contribution in [1.29, 1.82) is 5.41 Å². The molecule has 2 heterocycles. The number of anilines is 1. The summed E-state index contributed by atoms with van der Waals surface area (Å²) in [5.41, 5.74) is 8.88. The highest BCUT2D eigenvalue weighted by atomic mass is 32.2. The lowest BCUT2D eigenvalue weighted by Gasteiger charge is -2.23. The Morgan fingerprint density at radius 1 is 1.08 bits per heavy atom. The number of para-hydroxylation sites is 1. The molecule has 0 radical (unpaired) electrons. The smallest absolute Gasteiger partial charge is 0.324 e. The van der Waals surface area contributed by atoms with Gasteiger partial charge >= 0.3 is 5.97 Å². The van der Waals surface area contributed by atoms with E-state index in [9.17, 15) is 18.3 Å². The molecular weight excluding hydrogens is 504 g/mol. The molecule has 0 atom stereocenters. The number of carboxylic acids is 1. The lowest BCUT2D eigenvalue weighted by Crippen LogP contribution is -2.35. The standard InChI is InChI=1S/C28H24N4O5S/c1-17-22-12-11-21(15-24(22)37-23(17)14-18-7-9-20(10-8-18)28(29)30)32(16-26(33)34)38(35,36)25-6-2-4-19-5-3-13-31-27(19)25/h2-13,15H,14,16H2,1H3,(H3,29,30)(H,33,34). The number of rotatable bonds is 8. The van der Waals surface area contributed by atoms with Crippen LogP contribution in [-0.4, -0.2) is 36.9 Å². The van der Waals surface area contributed by atoms with Crippen LogP contribution in [0, 0.1) is 12.3 Å². The van der Waals surface area contributed by atoms with Crippen molar-refractivity contribution in [2.75, 3.05) is 10.8 Å². The maximum absolute atomic E-state index is 13.8. The highest BCUT2D eigenvalue weighted by Gasteiger charge is 2.30. The monoisotopic (exact) mass is 528 g/mol. The van der Waals surface area contributed by atoms with E-state index in [2.05, 4.69) is 4.98 Å². The van der Waals surface area contributed by atoms with Gasteiger partial charge < -0.3 is 15.3 Å². The molecule has 5 aromatic rings. The third kappa shape index (κ3) is 4.57. The van der Waals surface area contributed by atoms with Gasteiger partial charge in [0.2, 0.25) is 0 Å². The van der Waals surface area contributed by atoms with Gasteiger partial charge in [0.05, 0.1) is 11.2 Å². The van der Waals surface area contributed by atoms with Crippen LogP contribution < -0.4 is 10.0 Å². The lowest BCUT2D eigenvalue weighted by atomic mass is 10.0. The number of sulfonamides is 1. The van der Waals surface area contributed by atoms with Gasteiger partial charge in [-0.3, -0.25) is 19.5 Å². The van der Waals surface area contributed by atoms with Crippen molar-refractivity contribution in [2.45, 2.75) is 18.2 Å². The van der Waals surface area contributed by atoms with Crippen molar-refractivity contribution in [1.82, 2.24) is 4.98 Å². The summed E-state index contributed by atoms with van der Waals surface area (Å²) in [5, 5.41) is 18.5. The summed E-state index contributed by atoms with van der Waals surface area (Å²) >= 11 is 0. The predicted molar refractivity (Wildman–Crippen MR) is 145 cm³/mol. The number of nitrogens with two attached hydrogens (primary N) is 1. The maximum Gasteiger partial charge on any atom is 0.324 e. The second-order valence-electron chi connectivity index (χ2n) is 8.85. The Hall–Kier alpha value is -4.70. The van der Waals surface area contributed by atoms with Gasteiger partial charge in [-0.25, -0.2) is 8.42 Å². The summed E-state index contributed by atoms with van der Waals surface area (Å²) in [7, 11) is -4.29. The Bertz CT molecular complexity index is 1810. The molecule has 0 aliphatic heterocycles. The highest BCUT2D eigenvalue weighted by molar-refractivity contribution is 7.93. The van der Waals surface area contributed by atoms with Gasteiger partial charge in [-0.1, -0.05) is 42.5 Å². The van der Waals surface area contributed by atoms with Crippen molar-refractivity contribution in [3.63, 3.8) is 0 Å². The fourth-order valence-corrected chi connectivity index (χ4v) is 5.99. The zero-order valence-corrected chi connectivity index (χ0v) is 21.2. The molecule has 0 saturated heterocycles.